The average Bonchev–Trinajstić information content (AvgIpc) is 3.22. The number of carbonyl (C=O) groups is 4. The smallest absolute Gasteiger partial charge is 0.326 e. The summed E-state index contributed by atoms with van der Waals surface area (Å²) in [5, 5.41) is 0. The van der Waals surface area contributed by atoms with E-state index >= 15 is 0 Å². The Morgan fingerprint density at radius 1 is 1.04 bits per heavy atom. The Morgan fingerprint density at radius 3 is 2.41 bits per heavy atom. The first kappa shape index (κ1) is 17.5. The fourth-order valence-electron chi connectivity index (χ4n) is 4.02. The van der Waals surface area contributed by atoms with Gasteiger partial charge >= 0.3 is 5.97 Å². The van der Waals surface area contributed by atoms with Crippen LogP contribution in [0.1, 0.15) is 18.4 Å². The quantitative estimate of drug-likeness (QED) is 0.451. The van der Waals surface area contributed by atoms with E-state index in [1.165, 1.54) is 0 Å². The van der Waals surface area contributed by atoms with Crippen LogP contribution in [0.4, 0.5) is 5.69 Å². The summed E-state index contributed by atoms with van der Waals surface area (Å²) in [7, 11) is 0. The Labute approximate surface area is 156 Å². The Balaban J connectivity index is 1.32. The summed E-state index contributed by atoms with van der Waals surface area (Å²) in [4.78, 5) is 51.8. The molecule has 0 radical (unpaired) electrons. The average molecular weight is 368 g/mol. The molecule has 1 aromatic rings. The summed E-state index contributed by atoms with van der Waals surface area (Å²) in [6.07, 6.45) is 5.59. The molecule has 3 aliphatic rings. The zero-order valence-corrected chi connectivity index (χ0v) is 14.8. The molecule has 1 aliphatic carbocycles. The number of para-hydroxylation sites is 1. The van der Waals surface area contributed by atoms with Crippen LogP contribution in [0.15, 0.2) is 36.4 Å². The van der Waals surface area contributed by atoms with Crippen LogP contribution in [-0.2, 0) is 30.3 Å². The van der Waals surface area contributed by atoms with Crippen molar-refractivity contribution in [1.82, 2.24) is 4.90 Å². The van der Waals surface area contributed by atoms with Crippen LogP contribution in [-0.4, -0.2) is 48.3 Å². The zero-order chi connectivity index (χ0) is 19.0. The number of amides is 3. The second-order valence-electron chi connectivity index (χ2n) is 7.00. The summed E-state index contributed by atoms with van der Waals surface area (Å²) in [6, 6.07) is 7.60. The van der Waals surface area contributed by atoms with E-state index in [2.05, 4.69) is 0 Å². The standard InChI is InChI=1S/C20H20N2O5/c23-17(21-10-9-13-5-1-4-8-16(13)21)12-27-18(24)11-22-19(25)14-6-2-3-7-15(14)20(22)26/h1-5,8,14-15H,6-7,9-12H2. The third kappa shape index (κ3) is 3.13. The number of anilines is 1. The van der Waals surface area contributed by atoms with Gasteiger partial charge in [-0.25, -0.2) is 0 Å². The van der Waals surface area contributed by atoms with Crippen molar-refractivity contribution >= 4 is 29.4 Å². The molecule has 27 heavy (non-hydrogen) atoms. The van der Waals surface area contributed by atoms with Gasteiger partial charge < -0.3 is 9.64 Å². The molecule has 2 heterocycles. The van der Waals surface area contributed by atoms with Crippen LogP contribution in [0.25, 0.3) is 0 Å². The van der Waals surface area contributed by atoms with E-state index in [9.17, 15) is 19.2 Å². The highest BCUT2D eigenvalue weighted by Crippen LogP contribution is 2.34. The third-order valence-electron chi connectivity index (χ3n) is 5.43. The minimum absolute atomic E-state index is 0.315. The molecule has 1 fully saturated rings. The maximum absolute atomic E-state index is 12.4. The molecule has 1 aromatic carbocycles. The fraction of sp³-hybridized carbons (Fsp3) is 0.400. The van der Waals surface area contributed by atoms with E-state index in [1.807, 2.05) is 36.4 Å². The highest BCUT2D eigenvalue weighted by Gasteiger charge is 2.47. The number of nitrogens with zero attached hydrogens (tertiary/aromatic N) is 2. The largest absolute Gasteiger partial charge is 0.454 e. The summed E-state index contributed by atoms with van der Waals surface area (Å²) in [5.41, 5.74) is 1.92. The molecule has 7 heteroatoms. The van der Waals surface area contributed by atoms with Crippen LogP contribution in [0.5, 0.6) is 0 Å². The summed E-state index contributed by atoms with van der Waals surface area (Å²) >= 11 is 0. The molecule has 1 saturated heterocycles. The van der Waals surface area contributed by atoms with Gasteiger partial charge in [0.1, 0.15) is 6.54 Å². The van der Waals surface area contributed by atoms with Crippen molar-refractivity contribution in [2.75, 3.05) is 24.6 Å². The molecule has 2 aliphatic heterocycles. The molecule has 0 spiro atoms. The molecule has 4 rings (SSSR count). The molecule has 2 unspecified atom stereocenters. The molecule has 0 bridgehead atoms. The molecule has 140 valence electrons. The predicted octanol–water partition coefficient (Wildman–Crippen LogP) is 1.07. The van der Waals surface area contributed by atoms with Crippen molar-refractivity contribution in [2.45, 2.75) is 19.3 Å². The number of imide groups is 1. The third-order valence-corrected chi connectivity index (χ3v) is 5.43. The number of rotatable bonds is 4. The van der Waals surface area contributed by atoms with Crippen molar-refractivity contribution in [3.05, 3.63) is 42.0 Å². The number of hydrogen-bond donors (Lipinski definition) is 0. The number of fused-ring (bicyclic) bond motifs is 2. The van der Waals surface area contributed by atoms with Crippen molar-refractivity contribution in [1.29, 1.82) is 0 Å². The van der Waals surface area contributed by atoms with E-state index in [4.69, 9.17) is 4.74 Å². The molecule has 0 saturated carbocycles. The Kier molecular flexibility index (Phi) is 4.51. The van der Waals surface area contributed by atoms with Gasteiger partial charge in [0.25, 0.3) is 5.91 Å². The molecular formula is C20H20N2O5. The molecule has 0 N–H and O–H groups in total. The fourth-order valence-corrected chi connectivity index (χ4v) is 4.02. The van der Waals surface area contributed by atoms with Crippen LogP contribution < -0.4 is 4.90 Å². The molecular weight excluding hydrogens is 348 g/mol. The maximum Gasteiger partial charge on any atom is 0.326 e. The minimum atomic E-state index is -0.746. The number of esters is 1. The van der Waals surface area contributed by atoms with Gasteiger partial charge in [-0.2, -0.15) is 0 Å². The second kappa shape index (κ2) is 6.98. The number of ether oxygens (including phenoxy) is 1. The lowest BCUT2D eigenvalue weighted by atomic mass is 9.85. The van der Waals surface area contributed by atoms with Gasteiger partial charge in [0.15, 0.2) is 6.61 Å². The van der Waals surface area contributed by atoms with E-state index in [-0.39, 0.29) is 29.6 Å². The second-order valence-corrected chi connectivity index (χ2v) is 7.00. The summed E-state index contributed by atoms with van der Waals surface area (Å²) in [5.74, 6) is -2.47. The maximum atomic E-state index is 12.4. The predicted molar refractivity (Wildman–Crippen MR) is 95.5 cm³/mol. The number of hydrogen-bond acceptors (Lipinski definition) is 5. The Hall–Kier alpha value is -2.96. The van der Waals surface area contributed by atoms with E-state index in [1.54, 1.807) is 4.90 Å². The highest BCUT2D eigenvalue weighted by atomic mass is 16.5. The van der Waals surface area contributed by atoms with Crippen molar-refractivity contribution in [2.24, 2.45) is 11.8 Å². The lowest BCUT2D eigenvalue weighted by molar-refractivity contribution is -0.154. The zero-order valence-electron chi connectivity index (χ0n) is 14.8. The number of benzene rings is 1. The van der Waals surface area contributed by atoms with E-state index in [0.717, 1.165) is 22.6 Å². The Morgan fingerprint density at radius 2 is 1.70 bits per heavy atom. The monoisotopic (exact) mass is 368 g/mol. The van der Waals surface area contributed by atoms with Crippen LogP contribution >= 0.6 is 0 Å². The van der Waals surface area contributed by atoms with E-state index in [0.29, 0.717) is 19.4 Å². The highest BCUT2D eigenvalue weighted by molar-refractivity contribution is 6.07. The summed E-state index contributed by atoms with van der Waals surface area (Å²) < 4.78 is 5.05. The van der Waals surface area contributed by atoms with Gasteiger partial charge in [0.2, 0.25) is 11.8 Å². The van der Waals surface area contributed by atoms with Crippen LogP contribution in [0.3, 0.4) is 0 Å². The van der Waals surface area contributed by atoms with Gasteiger partial charge in [-0.1, -0.05) is 30.4 Å². The normalized spacial score (nSPS) is 23.4. The number of carbonyl (C=O) groups excluding carboxylic acids is 4. The van der Waals surface area contributed by atoms with Crippen molar-refractivity contribution in [3.8, 4) is 0 Å². The van der Waals surface area contributed by atoms with Crippen LogP contribution in [0, 0.1) is 11.8 Å². The molecule has 3 amide bonds. The summed E-state index contributed by atoms with van der Waals surface area (Å²) in [6.45, 7) is -0.290. The first-order valence-electron chi connectivity index (χ1n) is 9.10. The molecule has 7 nitrogen and oxygen atoms in total. The molecule has 0 aromatic heterocycles. The van der Waals surface area contributed by atoms with Gasteiger partial charge in [0, 0.05) is 12.2 Å². The van der Waals surface area contributed by atoms with Gasteiger partial charge in [-0.05, 0) is 30.9 Å². The Bertz CT molecular complexity index is 821. The lowest BCUT2D eigenvalue weighted by Crippen LogP contribution is -2.38. The van der Waals surface area contributed by atoms with Gasteiger partial charge in [0.05, 0.1) is 11.8 Å². The first-order valence-corrected chi connectivity index (χ1v) is 9.10. The van der Waals surface area contributed by atoms with Crippen molar-refractivity contribution < 1.29 is 23.9 Å². The van der Waals surface area contributed by atoms with Gasteiger partial charge in [-0.3, -0.25) is 24.1 Å². The number of likely N-dealkylation sites (tertiary alicyclic amines) is 1. The first-order chi connectivity index (χ1) is 13.1. The van der Waals surface area contributed by atoms with Crippen LogP contribution in [0.2, 0.25) is 0 Å². The number of allylic oxidation sites excluding steroid dienone is 2. The SMILES string of the molecule is O=C(CN1C(=O)C2CC=CCC2C1=O)OCC(=O)N1CCc2ccccc21. The van der Waals surface area contributed by atoms with E-state index < -0.39 is 19.1 Å². The van der Waals surface area contributed by atoms with Crippen molar-refractivity contribution in [3.63, 3.8) is 0 Å². The lowest BCUT2D eigenvalue weighted by Gasteiger charge is -2.18. The minimum Gasteiger partial charge on any atom is -0.454 e. The molecule has 2 atom stereocenters. The van der Waals surface area contributed by atoms with Gasteiger partial charge in [-0.15, -0.1) is 0 Å². The topological polar surface area (TPSA) is 84.0 Å².